The van der Waals surface area contributed by atoms with Crippen molar-refractivity contribution >= 4 is 11.9 Å². The molecule has 2 aliphatic carbocycles. The van der Waals surface area contributed by atoms with Gasteiger partial charge in [-0.2, -0.15) is 0 Å². The summed E-state index contributed by atoms with van der Waals surface area (Å²) in [5.74, 6) is -1.82. The minimum Gasteiger partial charge on any atom is -0.481 e. The highest BCUT2D eigenvalue weighted by Gasteiger charge is 2.66. The zero-order valence-electron chi connectivity index (χ0n) is 10.0. The molecule has 0 radical (unpaired) electrons. The number of aliphatic carboxylic acids is 1. The molecular weight excluding hydrogens is 206 g/mol. The summed E-state index contributed by atoms with van der Waals surface area (Å²) in [4.78, 5) is 22.9. The fourth-order valence-electron chi connectivity index (χ4n) is 2.80. The molecule has 2 rings (SSSR count). The van der Waals surface area contributed by atoms with E-state index >= 15 is 0 Å². The zero-order valence-corrected chi connectivity index (χ0v) is 10.0. The molecule has 0 heterocycles. The average Bonchev–Trinajstić information content (AvgIpc) is 2.66. The number of nitrogens with one attached hydrogen (secondary N) is 1. The fourth-order valence-corrected chi connectivity index (χ4v) is 2.80. The molecule has 2 N–H and O–H groups in total. The molecule has 4 heteroatoms. The Hall–Kier alpha value is -1.06. The van der Waals surface area contributed by atoms with Crippen LogP contribution in [-0.2, 0) is 9.59 Å². The van der Waals surface area contributed by atoms with Crippen molar-refractivity contribution < 1.29 is 14.7 Å². The summed E-state index contributed by atoms with van der Waals surface area (Å²) < 4.78 is 0. The van der Waals surface area contributed by atoms with E-state index in [4.69, 9.17) is 5.11 Å². The van der Waals surface area contributed by atoms with Gasteiger partial charge >= 0.3 is 5.97 Å². The maximum Gasteiger partial charge on any atom is 0.307 e. The molecule has 0 spiro atoms. The minimum atomic E-state index is -0.857. The Kier molecular flexibility index (Phi) is 2.30. The SMILES string of the molecule is CC1(NC(=O)C2C(C(=O)O)C2(C)C)CCC1. The number of carboxylic acids is 1. The Labute approximate surface area is 95.4 Å². The van der Waals surface area contributed by atoms with E-state index in [-0.39, 0.29) is 17.4 Å². The summed E-state index contributed by atoms with van der Waals surface area (Å²) in [7, 11) is 0. The van der Waals surface area contributed by atoms with Gasteiger partial charge < -0.3 is 10.4 Å². The molecule has 2 aliphatic rings. The van der Waals surface area contributed by atoms with E-state index in [0.717, 1.165) is 19.3 Å². The fraction of sp³-hybridized carbons (Fsp3) is 0.833. The summed E-state index contributed by atoms with van der Waals surface area (Å²) in [5, 5.41) is 12.0. The molecule has 2 fully saturated rings. The van der Waals surface area contributed by atoms with E-state index in [1.165, 1.54) is 0 Å². The lowest BCUT2D eigenvalue weighted by molar-refractivity contribution is -0.140. The van der Waals surface area contributed by atoms with Crippen LogP contribution in [0.4, 0.5) is 0 Å². The first-order chi connectivity index (χ1) is 7.28. The number of carbonyl (C=O) groups excluding carboxylic acids is 1. The highest BCUT2D eigenvalue weighted by Crippen LogP contribution is 2.58. The van der Waals surface area contributed by atoms with Crippen LogP contribution in [0.5, 0.6) is 0 Å². The van der Waals surface area contributed by atoms with Gasteiger partial charge in [0.25, 0.3) is 0 Å². The van der Waals surface area contributed by atoms with Crippen LogP contribution in [0.3, 0.4) is 0 Å². The molecule has 0 aromatic heterocycles. The molecule has 1 amide bonds. The first-order valence-corrected chi connectivity index (χ1v) is 5.83. The number of carboxylic acid groups (broad SMARTS) is 1. The van der Waals surface area contributed by atoms with Crippen LogP contribution in [0, 0.1) is 17.3 Å². The lowest BCUT2D eigenvalue weighted by Crippen LogP contribution is -2.51. The smallest absolute Gasteiger partial charge is 0.307 e. The molecular formula is C12H19NO3. The number of hydrogen-bond donors (Lipinski definition) is 2. The molecule has 90 valence electrons. The second kappa shape index (κ2) is 3.22. The molecule has 16 heavy (non-hydrogen) atoms. The van der Waals surface area contributed by atoms with Gasteiger partial charge in [0.2, 0.25) is 5.91 Å². The topological polar surface area (TPSA) is 66.4 Å². The van der Waals surface area contributed by atoms with Gasteiger partial charge in [0.1, 0.15) is 0 Å². The zero-order chi connectivity index (χ0) is 12.1. The molecule has 0 saturated heterocycles. The van der Waals surface area contributed by atoms with E-state index in [0.29, 0.717) is 0 Å². The predicted molar refractivity (Wildman–Crippen MR) is 58.8 cm³/mol. The van der Waals surface area contributed by atoms with Crippen molar-refractivity contribution in [3.8, 4) is 0 Å². The highest BCUT2D eigenvalue weighted by molar-refractivity contribution is 5.92. The van der Waals surface area contributed by atoms with Crippen LogP contribution in [0.1, 0.15) is 40.0 Å². The van der Waals surface area contributed by atoms with Gasteiger partial charge in [0.15, 0.2) is 0 Å². The summed E-state index contributed by atoms with van der Waals surface area (Å²) in [6.45, 7) is 5.72. The number of carbonyl (C=O) groups is 2. The third kappa shape index (κ3) is 1.60. The van der Waals surface area contributed by atoms with Crippen LogP contribution >= 0.6 is 0 Å². The van der Waals surface area contributed by atoms with Crippen molar-refractivity contribution in [2.75, 3.05) is 0 Å². The molecule has 2 saturated carbocycles. The maximum atomic E-state index is 12.0. The standard InChI is InChI=1S/C12H19NO3/c1-11(2)7(8(11)10(15)16)9(14)13-12(3)5-4-6-12/h7-8H,4-6H2,1-3H3,(H,13,14)(H,15,16). The molecule has 0 aromatic carbocycles. The van der Waals surface area contributed by atoms with E-state index in [9.17, 15) is 9.59 Å². The Balaban J connectivity index is 1.99. The first-order valence-electron chi connectivity index (χ1n) is 5.83. The van der Waals surface area contributed by atoms with Crippen molar-refractivity contribution in [1.29, 1.82) is 0 Å². The number of amides is 1. The second-order valence-electron chi connectivity index (χ2n) is 6.02. The number of rotatable bonds is 3. The molecule has 0 aliphatic heterocycles. The Morgan fingerprint density at radius 3 is 2.06 bits per heavy atom. The molecule has 2 atom stereocenters. The van der Waals surface area contributed by atoms with Gasteiger partial charge in [-0.25, -0.2) is 0 Å². The lowest BCUT2D eigenvalue weighted by atomic mass is 9.78. The Morgan fingerprint density at radius 2 is 1.75 bits per heavy atom. The monoisotopic (exact) mass is 225 g/mol. The van der Waals surface area contributed by atoms with Gasteiger partial charge in [0, 0.05) is 5.54 Å². The summed E-state index contributed by atoms with van der Waals surface area (Å²) >= 11 is 0. The van der Waals surface area contributed by atoms with Gasteiger partial charge in [-0.3, -0.25) is 9.59 Å². The van der Waals surface area contributed by atoms with Crippen molar-refractivity contribution in [2.24, 2.45) is 17.3 Å². The van der Waals surface area contributed by atoms with E-state index in [1.807, 2.05) is 20.8 Å². The molecule has 2 unspecified atom stereocenters. The molecule has 0 bridgehead atoms. The van der Waals surface area contributed by atoms with Crippen molar-refractivity contribution in [3.05, 3.63) is 0 Å². The quantitative estimate of drug-likeness (QED) is 0.763. The molecule has 4 nitrogen and oxygen atoms in total. The Bertz CT molecular complexity index is 344. The largest absolute Gasteiger partial charge is 0.481 e. The first kappa shape index (κ1) is 11.4. The van der Waals surface area contributed by atoms with E-state index in [1.54, 1.807) is 0 Å². The van der Waals surface area contributed by atoms with Gasteiger partial charge in [-0.1, -0.05) is 13.8 Å². The van der Waals surface area contributed by atoms with Crippen molar-refractivity contribution in [1.82, 2.24) is 5.32 Å². The van der Waals surface area contributed by atoms with E-state index < -0.39 is 17.3 Å². The number of hydrogen-bond acceptors (Lipinski definition) is 2. The van der Waals surface area contributed by atoms with Crippen molar-refractivity contribution in [3.63, 3.8) is 0 Å². The third-order valence-electron chi connectivity index (χ3n) is 4.26. The van der Waals surface area contributed by atoms with E-state index in [2.05, 4.69) is 5.32 Å². The van der Waals surface area contributed by atoms with Crippen LogP contribution in [0.2, 0.25) is 0 Å². The summed E-state index contributed by atoms with van der Waals surface area (Å²) in [6.07, 6.45) is 3.15. The average molecular weight is 225 g/mol. The predicted octanol–water partition coefficient (Wildman–Crippen LogP) is 1.40. The maximum absolute atomic E-state index is 12.0. The van der Waals surface area contributed by atoms with Crippen LogP contribution in [-0.4, -0.2) is 22.5 Å². The second-order valence-corrected chi connectivity index (χ2v) is 6.02. The van der Waals surface area contributed by atoms with Crippen molar-refractivity contribution in [2.45, 2.75) is 45.6 Å². The summed E-state index contributed by atoms with van der Waals surface area (Å²) in [6, 6.07) is 0. The van der Waals surface area contributed by atoms with Crippen LogP contribution in [0.15, 0.2) is 0 Å². The normalized spacial score (nSPS) is 33.7. The third-order valence-corrected chi connectivity index (χ3v) is 4.26. The van der Waals surface area contributed by atoms with Gasteiger partial charge in [-0.15, -0.1) is 0 Å². The summed E-state index contributed by atoms with van der Waals surface area (Å²) in [5.41, 5.74) is -0.477. The molecule has 0 aromatic rings. The van der Waals surface area contributed by atoms with Crippen LogP contribution in [0.25, 0.3) is 0 Å². The van der Waals surface area contributed by atoms with Crippen LogP contribution < -0.4 is 5.32 Å². The minimum absolute atomic E-state index is 0.0837. The highest BCUT2D eigenvalue weighted by atomic mass is 16.4. The Morgan fingerprint density at radius 1 is 1.19 bits per heavy atom. The van der Waals surface area contributed by atoms with Gasteiger partial charge in [0.05, 0.1) is 11.8 Å². The lowest BCUT2D eigenvalue weighted by Gasteiger charge is -2.39. The van der Waals surface area contributed by atoms with Gasteiger partial charge in [-0.05, 0) is 31.6 Å².